The van der Waals surface area contributed by atoms with Gasteiger partial charge in [0.2, 0.25) is 0 Å². The molecule has 0 saturated carbocycles. The van der Waals surface area contributed by atoms with Gasteiger partial charge in [0.05, 0.1) is 23.2 Å². The standard InChI is InChI=1S/C24H19Cl2N3O/c25-20-7-8-22(21(26)15-20)29-12-9-16-5-6-18(14-23(16)29)17-3-1-4-19(13-17)24(30)28-11-2-10-27/h1,3-8,13-15H,2,9,11-12H2,(H,28,30). The van der Waals surface area contributed by atoms with E-state index < -0.39 is 0 Å². The van der Waals surface area contributed by atoms with Crippen molar-refractivity contribution in [3.63, 3.8) is 0 Å². The Morgan fingerprint density at radius 3 is 2.67 bits per heavy atom. The molecule has 30 heavy (non-hydrogen) atoms. The quantitative estimate of drug-likeness (QED) is 0.500. The smallest absolute Gasteiger partial charge is 0.251 e. The highest BCUT2D eigenvalue weighted by Crippen LogP contribution is 2.41. The Morgan fingerprint density at radius 2 is 1.87 bits per heavy atom. The van der Waals surface area contributed by atoms with Crippen molar-refractivity contribution in [2.24, 2.45) is 0 Å². The number of anilines is 2. The lowest BCUT2D eigenvalue weighted by molar-refractivity contribution is 0.0954. The number of benzene rings is 3. The van der Waals surface area contributed by atoms with Gasteiger partial charge in [-0.3, -0.25) is 4.79 Å². The molecule has 0 fully saturated rings. The maximum atomic E-state index is 12.3. The van der Waals surface area contributed by atoms with Crippen molar-refractivity contribution in [3.8, 4) is 17.2 Å². The van der Waals surface area contributed by atoms with Crippen LogP contribution in [0.4, 0.5) is 11.4 Å². The van der Waals surface area contributed by atoms with Crippen LogP contribution in [0.15, 0.2) is 60.7 Å². The van der Waals surface area contributed by atoms with Crippen LogP contribution < -0.4 is 10.2 Å². The fourth-order valence-corrected chi connectivity index (χ4v) is 4.19. The van der Waals surface area contributed by atoms with Gasteiger partial charge >= 0.3 is 0 Å². The molecule has 0 aliphatic carbocycles. The Bertz CT molecular complexity index is 1150. The van der Waals surface area contributed by atoms with Gasteiger partial charge in [-0.2, -0.15) is 5.26 Å². The molecular formula is C24H19Cl2N3O. The summed E-state index contributed by atoms with van der Waals surface area (Å²) >= 11 is 12.5. The summed E-state index contributed by atoms with van der Waals surface area (Å²) in [4.78, 5) is 14.5. The first-order valence-electron chi connectivity index (χ1n) is 9.68. The molecule has 0 bridgehead atoms. The second-order valence-electron chi connectivity index (χ2n) is 7.09. The van der Waals surface area contributed by atoms with E-state index in [0.29, 0.717) is 28.6 Å². The minimum atomic E-state index is -0.178. The summed E-state index contributed by atoms with van der Waals surface area (Å²) in [5.74, 6) is -0.178. The number of rotatable bonds is 5. The van der Waals surface area contributed by atoms with Crippen molar-refractivity contribution in [2.45, 2.75) is 12.8 Å². The monoisotopic (exact) mass is 435 g/mol. The summed E-state index contributed by atoms with van der Waals surface area (Å²) in [6.45, 7) is 1.19. The molecule has 0 spiro atoms. The normalized spacial score (nSPS) is 12.4. The average Bonchev–Trinajstić information content (AvgIpc) is 3.17. The fourth-order valence-electron chi connectivity index (χ4n) is 3.68. The minimum Gasteiger partial charge on any atom is -0.351 e. The second kappa shape index (κ2) is 8.79. The second-order valence-corrected chi connectivity index (χ2v) is 7.93. The lowest BCUT2D eigenvalue weighted by Gasteiger charge is -2.21. The van der Waals surface area contributed by atoms with Crippen molar-refractivity contribution in [1.82, 2.24) is 5.32 Å². The summed E-state index contributed by atoms with van der Waals surface area (Å²) in [7, 11) is 0. The van der Waals surface area contributed by atoms with Gasteiger partial charge in [-0.1, -0.05) is 47.5 Å². The highest BCUT2D eigenvalue weighted by Gasteiger charge is 2.23. The summed E-state index contributed by atoms with van der Waals surface area (Å²) in [5.41, 5.74) is 5.86. The molecule has 0 radical (unpaired) electrons. The van der Waals surface area contributed by atoms with Crippen molar-refractivity contribution < 1.29 is 4.79 Å². The van der Waals surface area contributed by atoms with Gasteiger partial charge < -0.3 is 10.2 Å². The molecule has 150 valence electrons. The van der Waals surface area contributed by atoms with E-state index >= 15 is 0 Å². The van der Waals surface area contributed by atoms with Crippen LogP contribution in [0.3, 0.4) is 0 Å². The van der Waals surface area contributed by atoms with Gasteiger partial charge in [-0.05, 0) is 59.5 Å². The van der Waals surface area contributed by atoms with E-state index in [9.17, 15) is 4.79 Å². The van der Waals surface area contributed by atoms with Crippen LogP contribution in [0.25, 0.3) is 11.1 Å². The van der Waals surface area contributed by atoms with E-state index in [-0.39, 0.29) is 5.91 Å². The lowest BCUT2D eigenvalue weighted by atomic mass is 10.00. The van der Waals surface area contributed by atoms with Crippen LogP contribution in [-0.2, 0) is 6.42 Å². The molecule has 3 aromatic carbocycles. The van der Waals surface area contributed by atoms with Crippen molar-refractivity contribution >= 4 is 40.5 Å². The molecule has 0 aromatic heterocycles. The molecule has 6 heteroatoms. The third-order valence-corrected chi connectivity index (χ3v) is 5.70. The van der Waals surface area contributed by atoms with Crippen LogP contribution in [0.5, 0.6) is 0 Å². The topological polar surface area (TPSA) is 56.1 Å². The SMILES string of the molecule is N#CCCNC(=O)c1cccc(-c2ccc3c(c2)N(c2ccc(Cl)cc2Cl)CC3)c1. The van der Waals surface area contributed by atoms with Gasteiger partial charge in [0.25, 0.3) is 5.91 Å². The van der Waals surface area contributed by atoms with Crippen LogP contribution in [0.2, 0.25) is 10.0 Å². The van der Waals surface area contributed by atoms with E-state index in [0.717, 1.165) is 35.5 Å². The number of amides is 1. The number of carbonyl (C=O) groups is 1. The number of halogens is 2. The minimum absolute atomic E-state index is 0.178. The number of fused-ring (bicyclic) bond motifs is 1. The number of nitriles is 1. The van der Waals surface area contributed by atoms with E-state index in [2.05, 4.69) is 28.4 Å². The molecule has 0 saturated heterocycles. The molecule has 0 atom stereocenters. The molecule has 4 nitrogen and oxygen atoms in total. The first kappa shape index (κ1) is 20.3. The highest BCUT2D eigenvalue weighted by molar-refractivity contribution is 6.36. The van der Waals surface area contributed by atoms with Gasteiger partial charge in [-0.15, -0.1) is 0 Å². The van der Waals surface area contributed by atoms with E-state index in [1.54, 1.807) is 12.1 Å². The van der Waals surface area contributed by atoms with Crippen molar-refractivity contribution in [1.29, 1.82) is 5.26 Å². The molecule has 3 aromatic rings. The maximum Gasteiger partial charge on any atom is 0.251 e. The van der Waals surface area contributed by atoms with Gasteiger partial charge in [0, 0.05) is 29.4 Å². The largest absolute Gasteiger partial charge is 0.351 e. The Labute approximate surface area is 185 Å². The van der Waals surface area contributed by atoms with Crippen LogP contribution >= 0.6 is 23.2 Å². The number of hydrogen-bond donors (Lipinski definition) is 1. The Morgan fingerprint density at radius 1 is 1.03 bits per heavy atom. The first-order valence-corrected chi connectivity index (χ1v) is 10.4. The number of carbonyl (C=O) groups excluding carboxylic acids is 1. The number of hydrogen-bond acceptors (Lipinski definition) is 3. The van der Waals surface area contributed by atoms with E-state index in [4.69, 9.17) is 28.5 Å². The predicted octanol–water partition coefficient (Wildman–Crippen LogP) is 6.00. The summed E-state index contributed by atoms with van der Waals surface area (Å²) in [6, 6.07) is 21.4. The summed E-state index contributed by atoms with van der Waals surface area (Å²) < 4.78 is 0. The molecule has 1 heterocycles. The van der Waals surface area contributed by atoms with Crippen molar-refractivity contribution in [2.75, 3.05) is 18.0 Å². The molecule has 1 amide bonds. The van der Waals surface area contributed by atoms with Crippen molar-refractivity contribution in [3.05, 3.63) is 81.8 Å². The highest BCUT2D eigenvalue weighted by atomic mass is 35.5. The third kappa shape index (κ3) is 4.14. The summed E-state index contributed by atoms with van der Waals surface area (Å²) in [5, 5.41) is 12.6. The third-order valence-electron chi connectivity index (χ3n) is 5.16. The number of nitrogens with one attached hydrogen (secondary N) is 1. The molecule has 1 N–H and O–H groups in total. The first-order chi connectivity index (χ1) is 14.6. The Hall–Kier alpha value is -3.00. The number of nitrogens with zero attached hydrogens (tertiary/aromatic N) is 2. The average molecular weight is 436 g/mol. The van der Waals surface area contributed by atoms with Gasteiger partial charge in [0.15, 0.2) is 0 Å². The zero-order valence-corrected chi connectivity index (χ0v) is 17.7. The molecule has 1 aliphatic rings. The molecule has 1 aliphatic heterocycles. The Balaban J connectivity index is 1.64. The predicted molar refractivity (Wildman–Crippen MR) is 122 cm³/mol. The van der Waals surface area contributed by atoms with Gasteiger partial charge in [0.1, 0.15) is 0 Å². The summed E-state index contributed by atoms with van der Waals surface area (Å²) in [6.07, 6.45) is 1.23. The van der Waals surface area contributed by atoms with Gasteiger partial charge in [-0.25, -0.2) is 0 Å². The zero-order chi connectivity index (χ0) is 21.1. The maximum absolute atomic E-state index is 12.3. The van der Waals surface area contributed by atoms with E-state index in [1.807, 2.05) is 36.4 Å². The van der Waals surface area contributed by atoms with Crippen LogP contribution in [-0.4, -0.2) is 19.0 Å². The lowest BCUT2D eigenvalue weighted by Crippen LogP contribution is -2.24. The molecular weight excluding hydrogens is 417 g/mol. The van der Waals surface area contributed by atoms with Crippen LogP contribution in [0.1, 0.15) is 22.3 Å². The van der Waals surface area contributed by atoms with E-state index in [1.165, 1.54) is 5.56 Å². The molecule has 0 unspecified atom stereocenters. The fraction of sp³-hybridized carbons (Fsp3) is 0.167. The molecule has 4 rings (SSSR count). The Kier molecular flexibility index (Phi) is 5.94. The zero-order valence-electron chi connectivity index (χ0n) is 16.2. The van der Waals surface area contributed by atoms with Crippen LogP contribution in [0, 0.1) is 11.3 Å².